The SMILES string of the molecule is CCC/C(=N\NC(=O)c1ccccc1)c1ccccc1. The quantitative estimate of drug-likeness (QED) is 0.651. The Balaban J connectivity index is 2.12. The van der Waals surface area contributed by atoms with Crippen LogP contribution in [0.25, 0.3) is 0 Å². The molecule has 0 heterocycles. The molecule has 0 aliphatic heterocycles. The van der Waals surface area contributed by atoms with E-state index in [2.05, 4.69) is 17.5 Å². The molecule has 2 rings (SSSR count). The van der Waals surface area contributed by atoms with Crippen molar-refractivity contribution in [1.82, 2.24) is 5.43 Å². The zero-order valence-electron chi connectivity index (χ0n) is 11.5. The molecule has 0 bridgehead atoms. The number of hydrogen-bond acceptors (Lipinski definition) is 2. The van der Waals surface area contributed by atoms with Gasteiger partial charge in [0.25, 0.3) is 5.91 Å². The summed E-state index contributed by atoms with van der Waals surface area (Å²) < 4.78 is 0. The van der Waals surface area contributed by atoms with Crippen molar-refractivity contribution in [2.45, 2.75) is 19.8 Å². The van der Waals surface area contributed by atoms with Crippen LogP contribution in [0.4, 0.5) is 0 Å². The maximum absolute atomic E-state index is 12.0. The molecule has 1 N–H and O–H groups in total. The summed E-state index contributed by atoms with van der Waals surface area (Å²) in [5, 5.41) is 4.28. The predicted molar refractivity (Wildman–Crippen MR) is 81.8 cm³/mol. The second-order valence-corrected chi connectivity index (χ2v) is 4.48. The van der Waals surface area contributed by atoms with Gasteiger partial charge in [-0.1, -0.05) is 61.9 Å². The van der Waals surface area contributed by atoms with Gasteiger partial charge in [0.15, 0.2) is 0 Å². The van der Waals surface area contributed by atoms with E-state index in [1.807, 2.05) is 48.5 Å². The minimum absolute atomic E-state index is 0.185. The van der Waals surface area contributed by atoms with Gasteiger partial charge in [0.2, 0.25) is 0 Å². The van der Waals surface area contributed by atoms with E-state index < -0.39 is 0 Å². The Morgan fingerprint density at radius 3 is 2.05 bits per heavy atom. The fraction of sp³-hybridized carbons (Fsp3) is 0.176. The number of hydrazone groups is 1. The van der Waals surface area contributed by atoms with Gasteiger partial charge >= 0.3 is 0 Å². The van der Waals surface area contributed by atoms with Gasteiger partial charge in [0.05, 0.1) is 5.71 Å². The third-order valence-electron chi connectivity index (χ3n) is 2.92. The Morgan fingerprint density at radius 2 is 1.50 bits per heavy atom. The summed E-state index contributed by atoms with van der Waals surface area (Å²) in [7, 11) is 0. The highest BCUT2D eigenvalue weighted by molar-refractivity contribution is 6.02. The molecule has 0 spiro atoms. The Labute approximate surface area is 119 Å². The molecule has 1 amide bonds. The normalized spacial score (nSPS) is 11.2. The van der Waals surface area contributed by atoms with Crippen LogP contribution in [0.1, 0.15) is 35.7 Å². The van der Waals surface area contributed by atoms with E-state index in [1.54, 1.807) is 12.1 Å². The van der Waals surface area contributed by atoms with E-state index in [1.165, 1.54) is 0 Å². The second kappa shape index (κ2) is 7.24. The van der Waals surface area contributed by atoms with Gasteiger partial charge in [0.1, 0.15) is 0 Å². The van der Waals surface area contributed by atoms with Crippen LogP contribution in [0.2, 0.25) is 0 Å². The van der Waals surface area contributed by atoms with E-state index in [0.29, 0.717) is 5.56 Å². The molecule has 3 heteroatoms. The molecule has 2 aromatic rings. The van der Waals surface area contributed by atoms with Gasteiger partial charge in [-0.05, 0) is 24.1 Å². The molecule has 3 nitrogen and oxygen atoms in total. The lowest BCUT2D eigenvalue weighted by Gasteiger charge is -2.06. The van der Waals surface area contributed by atoms with E-state index in [9.17, 15) is 4.79 Å². The highest BCUT2D eigenvalue weighted by Crippen LogP contribution is 2.06. The lowest BCUT2D eigenvalue weighted by Crippen LogP contribution is -2.20. The molecule has 0 radical (unpaired) electrons. The van der Waals surface area contributed by atoms with Crippen LogP contribution in [-0.2, 0) is 0 Å². The minimum Gasteiger partial charge on any atom is -0.267 e. The summed E-state index contributed by atoms with van der Waals surface area (Å²) >= 11 is 0. The summed E-state index contributed by atoms with van der Waals surface area (Å²) in [6.07, 6.45) is 1.81. The highest BCUT2D eigenvalue weighted by atomic mass is 16.2. The molecule has 0 saturated heterocycles. The third kappa shape index (κ3) is 3.79. The minimum atomic E-state index is -0.185. The number of benzene rings is 2. The molecular weight excluding hydrogens is 248 g/mol. The van der Waals surface area contributed by atoms with E-state index in [4.69, 9.17) is 0 Å². The Morgan fingerprint density at radius 1 is 0.950 bits per heavy atom. The number of rotatable bonds is 5. The summed E-state index contributed by atoms with van der Waals surface area (Å²) in [5.74, 6) is -0.185. The van der Waals surface area contributed by atoms with Crippen molar-refractivity contribution in [2.24, 2.45) is 5.10 Å². The van der Waals surface area contributed by atoms with Gasteiger partial charge in [-0.15, -0.1) is 0 Å². The number of amides is 1. The molecule has 0 aliphatic rings. The molecule has 0 aliphatic carbocycles. The number of carbonyl (C=O) groups is 1. The van der Waals surface area contributed by atoms with Gasteiger partial charge in [-0.3, -0.25) is 4.79 Å². The summed E-state index contributed by atoms with van der Waals surface area (Å²) in [6, 6.07) is 19.0. The highest BCUT2D eigenvalue weighted by Gasteiger charge is 2.05. The van der Waals surface area contributed by atoms with Crippen LogP contribution in [0.3, 0.4) is 0 Å². The van der Waals surface area contributed by atoms with Crippen LogP contribution < -0.4 is 5.43 Å². The number of nitrogens with zero attached hydrogens (tertiary/aromatic N) is 1. The fourth-order valence-electron chi connectivity index (χ4n) is 1.90. The van der Waals surface area contributed by atoms with E-state index in [0.717, 1.165) is 24.1 Å². The molecule has 0 unspecified atom stereocenters. The maximum atomic E-state index is 12.0. The van der Waals surface area contributed by atoms with Crippen LogP contribution in [0.5, 0.6) is 0 Å². The number of nitrogens with one attached hydrogen (secondary N) is 1. The first-order valence-corrected chi connectivity index (χ1v) is 6.78. The largest absolute Gasteiger partial charge is 0.271 e. The van der Waals surface area contributed by atoms with Crippen molar-refractivity contribution >= 4 is 11.6 Å². The molecular formula is C17H18N2O. The average molecular weight is 266 g/mol. The van der Waals surface area contributed by atoms with Crippen molar-refractivity contribution in [3.63, 3.8) is 0 Å². The molecule has 0 aromatic heterocycles. The second-order valence-electron chi connectivity index (χ2n) is 4.48. The van der Waals surface area contributed by atoms with Crippen molar-refractivity contribution in [1.29, 1.82) is 0 Å². The van der Waals surface area contributed by atoms with E-state index >= 15 is 0 Å². The molecule has 2 aromatic carbocycles. The number of hydrogen-bond donors (Lipinski definition) is 1. The van der Waals surface area contributed by atoms with Gasteiger partial charge in [0, 0.05) is 5.56 Å². The maximum Gasteiger partial charge on any atom is 0.271 e. The molecule has 20 heavy (non-hydrogen) atoms. The Hall–Kier alpha value is -2.42. The van der Waals surface area contributed by atoms with Crippen LogP contribution in [0.15, 0.2) is 65.8 Å². The zero-order valence-corrected chi connectivity index (χ0v) is 11.5. The standard InChI is InChI=1S/C17H18N2O/c1-2-9-16(14-10-5-3-6-11-14)18-19-17(20)15-12-7-4-8-13-15/h3-8,10-13H,2,9H2,1H3,(H,19,20)/b18-16+. The molecule has 0 saturated carbocycles. The topological polar surface area (TPSA) is 41.5 Å². The Kier molecular flexibility index (Phi) is 5.07. The first kappa shape index (κ1) is 14.0. The lowest BCUT2D eigenvalue weighted by atomic mass is 10.1. The summed E-state index contributed by atoms with van der Waals surface area (Å²) in [6.45, 7) is 2.09. The number of carbonyl (C=O) groups excluding carboxylic acids is 1. The van der Waals surface area contributed by atoms with Gasteiger partial charge in [-0.25, -0.2) is 5.43 Å². The fourth-order valence-corrected chi connectivity index (χ4v) is 1.90. The third-order valence-corrected chi connectivity index (χ3v) is 2.92. The van der Waals surface area contributed by atoms with Crippen LogP contribution >= 0.6 is 0 Å². The predicted octanol–water partition coefficient (Wildman–Crippen LogP) is 3.62. The smallest absolute Gasteiger partial charge is 0.267 e. The van der Waals surface area contributed by atoms with Gasteiger partial charge in [-0.2, -0.15) is 5.10 Å². The van der Waals surface area contributed by atoms with Gasteiger partial charge < -0.3 is 0 Å². The van der Waals surface area contributed by atoms with Crippen molar-refractivity contribution in [2.75, 3.05) is 0 Å². The van der Waals surface area contributed by atoms with Crippen molar-refractivity contribution < 1.29 is 4.79 Å². The monoisotopic (exact) mass is 266 g/mol. The first-order chi connectivity index (χ1) is 9.81. The van der Waals surface area contributed by atoms with E-state index in [-0.39, 0.29) is 5.91 Å². The first-order valence-electron chi connectivity index (χ1n) is 6.78. The average Bonchev–Trinajstić information content (AvgIpc) is 2.53. The Bertz CT molecular complexity index is 576. The van der Waals surface area contributed by atoms with Crippen molar-refractivity contribution in [3.8, 4) is 0 Å². The molecule has 0 atom stereocenters. The lowest BCUT2D eigenvalue weighted by molar-refractivity contribution is 0.0955. The summed E-state index contributed by atoms with van der Waals surface area (Å²) in [4.78, 5) is 12.0. The molecule has 0 fully saturated rings. The van der Waals surface area contributed by atoms with Crippen molar-refractivity contribution in [3.05, 3.63) is 71.8 Å². The van der Waals surface area contributed by atoms with Crippen LogP contribution in [-0.4, -0.2) is 11.6 Å². The van der Waals surface area contributed by atoms with Crippen LogP contribution in [0, 0.1) is 0 Å². The molecule has 102 valence electrons. The summed E-state index contributed by atoms with van der Waals surface area (Å²) in [5.41, 5.74) is 5.19. The zero-order chi connectivity index (χ0) is 14.2.